The zero-order valence-corrected chi connectivity index (χ0v) is 11.8. The maximum Gasteiger partial charge on any atom is 0.158 e. The maximum atomic E-state index is 8.75. The molecule has 0 aliphatic carbocycles. The largest absolute Gasteiger partial charge is 0.355 e. The van der Waals surface area contributed by atoms with Gasteiger partial charge in [0.25, 0.3) is 0 Å². The average Bonchev–Trinajstić information content (AvgIpc) is 2.53. The predicted molar refractivity (Wildman–Crippen MR) is 79.4 cm³/mol. The molecule has 0 spiro atoms. The van der Waals surface area contributed by atoms with Gasteiger partial charge in [-0.2, -0.15) is 5.26 Å². The van der Waals surface area contributed by atoms with E-state index < -0.39 is 0 Å². The van der Waals surface area contributed by atoms with Crippen LogP contribution in [0.3, 0.4) is 0 Å². The third-order valence-corrected chi connectivity index (χ3v) is 3.45. The van der Waals surface area contributed by atoms with Gasteiger partial charge in [-0.15, -0.1) is 0 Å². The first-order valence-corrected chi connectivity index (χ1v) is 6.73. The van der Waals surface area contributed by atoms with Crippen LogP contribution in [0.1, 0.15) is 24.6 Å². The van der Waals surface area contributed by atoms with Crippen molar-refractivity contribution in [2.75, 3.05) is 11.9 Å². The second-order valence-corrected chi connectivity index (χ2v) is 4.73. The Kier molecular flexibility index (Phi) is 4.67. The van der Waals surface area contributed by atoms with Gasteiger partial charge in [-0.25, -0.2) is 9.97 Å². The lowest BCUT2D eigenvalue weighted by Crippen LogP contribution is -2.33. The molecule has 0 aliphatic heterocycles. The molecule has 2 rings (SSSR count). The fourth-order valence-corrected chi connectivity index (χ4v) is 2.19. The lowest BCUT2D eigenvalue weighted by Gasteiger charge is -2.28. The molecule has 4 heteroatoms. The van der Waals surface area contributed by atoms with Gasteiger partial charge in [0.2, 0.25) is 0 Å². The molecule has 1 heterocycles. The summed E-state index contributed by atoms with van der Waals surface area (Å²) in [7, 11) is 2.02. The second-order valence-electron chi connectivity index (χ2n) is 4.73. The van der Waals surface area contributed by atoms with Crippen LogP contribution in [-0.4, -0.2) is 23.1 Å². The Morgan fingerprint density at radius 2 is 1.95 bits per heavy atom. The Hall–Kier alpha value is -2.41. The van der Waals surface area contributed by atoms with Crippen molar-refractivity contribution >= 4 is 5.82 Å². The van der Waals surface area contributed by atoms with E-state index in [2.05, 4.69) is 46.1 Å². The van der Waals surface area contributed by atoms with Gasteiger partial charge in [0.15, 0.2) is 5.69 Å². The van der Waals surface area contributed by atoms with Crippen LogP contribution >= 0.6 is 0 Å². The van der Waals surface area contributed by atoms with E-state index in [1.54, 1.807) is 6.20 Å². The van der Waals surface area contributed by atoms with Crippen LogP contribution in [0.5, 0.6) is 0 Å². The van der Waals surface area contributed by atoms with Crippen molar-refractivity contribution in [3.8, 4) is 6.07 Å². The van der Waals surface area contributed by atoms with Crippen LogP contribution in [0.25, 0.3) is 0 Å². The number of likely N-dealkylation sites (N-methyl/N-ethyl adjacent to an activating group) is 1. The molecule has 1 atom stereocenters. The Balaban J connectivity index is 2.12. The van der Waals surface area contributed by atoms with E-state index in [4.69, 9.17) is 5.26 Å². The number of nitrogens with zero attached hydrogens (tertiary/aromatic N) is 4. The predicted octanol–water partition coefficient (Wildman–Crippen LogP) is 2.81. The molecule has 0 bridgehead atoms. The smallest absolute Gasteiger partial charge is 0.158 e. The third-order valence-electron chi connectivity index (χ3n) is 3.45. The number of hydrogen-bond acceptors (Lipinski definition) is 4. The average molecular weight is 266 g/mol. The zero-order chi connectivity index (χ0) is 14.4. The summed E-state index contributed by atoms with van der Waals surface area (Å²) >= 11 is 0. The van der Waals surface area contributed by atoms with E-state index in [9.17, 15) is 0 Å². The monoisotopic (exact) mass is 266 g/mol. The van der Waals surface area contributed by atoms with E-state index in [0.717, 1.165) is 18.7 Å². The van der Waals surface area contributed by atoms with E-state index in [-0.39, 0.29) is 0 Å². The molecule has 1 aromatic carbocycles. The van der Waals surface area contributed by atoms with Crippen molar-refractivity contribution in [2.24, 2.45) is 0 Å². The van der Waals surface area contributed by atoms with E-state index >= 15 is 0 Å². The SMILES string of the molecule is CCC(Cc1ccccc1)N(C)c1cnc(C#N)cn1. The second kappa shape index (κ2) is 6.67. The molecule has 2 aromatic rings. The van der Waals surface area contributed by atoms with Gasteiger partial charge in [-0.1, -0.05) is 37.3 Å². The third kappa shape index (κ3) is 3.33. The number of rotatable bonds is 5. The quantitative estimate of drug-likeness (QED) is 0.835. The highest BCUT2D eigenvalue weighted by Crippen LogP contribution is 2.16. The summed E-state index contributed by atoms with van der Waals surface area (Å²) in [6.07, 6.45) is 5.16. The molecule has 0 saturated heterocycles. The summed E-state index contributed by atoms with van der Waals surface area (Å²) in [4.78, 5) is 10.5. The first kappa shape index (κ1) is 14.0. The topological polar surface area (TPSA) is 52.8 Å². The molecule has 4 nitrogen and oxygen atoms in total. The summed E-state index contributed by atoms with van der Waals surface area (Å²) in [6, 6.07) is 12.8. The maximum absolute atomic E-state index is 8.75. The number of aromatic nitrogens is 2. The van der Waals surface area contributed by atoms with Crippen molar-refractivity contribution < 1.29 is 0 Å². The highest BCUT2D eigenvalue weighted by atomic mass is 15.2. The van der Waals surface area contributed by atoms with Gasteiger partial charge >= 0.3 is 0 Å². The van der Waals surface area contributed by atoms with Crippen molar-refractivity contribution in [1.29, 1.82) is 5.26 Å². The highest BCUT2D eigenvalue weighted by Gasteiger charge is 2.15. The Morgan fingerprint density at radius 1 is 1.20 bits per heavy atom. The molecule has 0 radical (unpaired) electrons. The highest BCUT2D eigenvalue weighted by molar-refractivity contribution is 5.38. The van der Waals surface area contributed by atoms with Gasteiger partial charge in [0.05, 0.1) is 12.4 Å². The van der Waals surface area contributed by atoms with Crippen molar-refractivity contribution in [1.82, 2.24) is 9.97 Å². The number of nitriles is 1. The van der Waals surface area contributed by atoms with Crippen molar-refractivity contribution in [3.63, 3.8) is 0 Å². The Labute approximate surface area is 119 Å². The summed E-state index contributed by atoms with van der Waals surface area (Å²) in [6.45, 7) is 2.17. The van der Waals surface area contributed by atoms with Crippen LogP contribution in [0.15, 0.2) is 42.7 Å². The lowest BCUT2D eigenvalue weighted by molar-refractivity contribution is 0.600. The van der Waals surface area contributed by atoms with Gasteiger partial charge in [0.1, 0.15) is 11.9 Å². The van der Waals surface area contributed by atoms with Crippen LogP contribution in [0, 0.1) is 11.3 Å². The molecule has 0 fully saturated rings. The lowest BCUT2D eigenvalue weighted by atomic mass is 10.0. The molecule has 0 N–H and O–H groups in total. The van der Waals surface area contributed by atoms with E-state index in [1.165, 1.54) is 11.8 Å². The molecular formula is C16H18N4. The number of benzene rings is 1. The molecule has 0 saturated carbocycles. The molecule has 0 amide bonds. The summed E-state index contributed by atoms with van der Waals surface area (Å²) in [5, 5.41) is 8.75. The standard InChI is InChI=1S/C16H18N4/c1-3-15(9-13-7-5-4-6-8-13)20(2)16-12-18-14(10-17)11-19-16/h4-8,11-12,15H,3,9H2,1-2H3. The number of anilines is 1. The van der Waals surface area contributed by atoms with Gasteiger partial charge < -0.3 is 4.90 Å². The van der Waals surface area contributed by atoms with E-state index in [1.807, 2.05) is 19.2 Å². The van der Waals surface area contributed by atoms with Gasteiger partial charge in [0, 0.05) is 13.1 Å². The number of hydrogen-bond donors (Lipinski definition) is 0. The van der Waals surface area contributed by atoms with E-state index in [0.29, 0.717) is 11.7 Å². The molecule has 1 unspecified atom stereocenters. The Morgan fingerprint density at radius 3 is 2.50 bits per heavy atom. The molecule has 1 aromatic heterocycles. The molecule has 0 aliphatic rings. The molecule has 20 heavy (non-hydrogen) atoms. The first-order chi connectivity index (χ1) is 9.74. The van der Waals surface area contributed by atoms with Crippen LogP contribution < -0.4 is 4.90 Å². The minimum atomic E-state index is 0.346. The molecule has 102 valence electrons. The van der Waals surface area contributed by atoms with Gasteiger partial charge in [-0.3, -0.25) is 0 Å². The normalized spacial score (nSPS) is 11.7. The zero-order valence-electron chi connectivity index (χ0n) is 11.8. The summed E-state index contributed by atoms with van der Waals surface area (Å²) < 4.78 is 0. The minimum absolute atomic E-state index is 0.346. The minimum Gasteiger partial charge on any atom is -0.355 e. The fourth-order valence-electron chi connectivity index (χ4n) is 2.19. The van der Waals surface area contributed by atoms with Crippen LogP contribution in [-0.2, 0) is 6.42 Å². The summed E-state index contributed by atoms with van der Waals surface area (Å²) in [5.74, 6) is 0.798. The van der Waals surface area contributed by atoms with Crippen LogP contribution in [0.2, 0.25) is 0 Å². The first-order valence-electron chi connectivity index (χ1n) is 6.73. The Bertz CT molecular complexity index is 572. The fraction of sp³-hybridized carbons (Fsp3) is 0.312. The van der Waals surface area contributed by atoms with Crippen molar-refractivity contribution in [2.45, 2.75) is 25.8 Å². The molecular weight excluding hydrogens is 248 g/mol. The van der Waals surface area contributed by atoms with Crippen molar-refractivity contribution in [3.05, 3.63) is 54.0 Å². The van der Waals surface area contributed by atoms with Gasteiger partial charge in [-0.05, 0) is 18.4 Å². The van der Waals surface area contributed by atoms with Crippen LogP contribution in [0.4, 0.5) is 5.82 Å². The summed E-state index contributed by atoms with van der Waals surface area (Å²) in [5.41, 5.74) is 1.66.